The van der Waals surface area contributed by atoms with Crippen molar-refractivity contribution in [2.45, 2.75) is 38.6 Å². The van der Waals surface area contributed by atoms with Gasteiger partial charge < -0.3 is 14.8 Å². The number of methoxy groups -OCH3 is 2. The Hall–Kier alpha value is -2.50. The third-order valence-corrected chi connectivity index (χ3v) is 4.26. The summed E-state index contributed by atoms with van der Waals surface area (Å²) in [4.78, 5) is 12.3. The van der Waals surface area contributed by atoms with Crippen LogP contribution in [0.2, 0.25) is 0 Å². The first-order valence-corrected chi connectivity index (χ1v) is 7.96. The van der Waals surface area contributed by atoms with E-state index in [4.69, 9.17) is 9.47 Å². The summed E-state index contributed by atoms with van der Waals surface area (Å²) in [5.41, 5.74) is 1.71. The van der Waals surface area contributed by atoms with E-state index in [0.29, 0.717) is 17.9 Å². The van der Waals surface area contributed by atoms with E-state index in [1.54, 1.807) is 14.2 Å². The number of aromatic nitrogens is 2. The van der Waals surface area contributed by atoms with Gasteiger partial charge in [-0.2, -0.15) is 5.10 Å². The van der Waals surface area contributed by atoms with Crippen molar-refractivity contribution >= 4 is 11.7 Å². The van der Waals surface area contributed by atoms with Gasteiger partial charge in [-0.15, -0.1) is 0 Å². The second kappa shape index (κ2) is 5.85. The Morgan fingerprint density at radius 3 is 2.58 bits per heavy atom. The largest absolute Gasteiger partial charge is 0.493 e. The molecular formula is C18H23N3O3. The molecule has 6 nitrogen and oxygen atoms in total. The number of amides is 1. The van der Waals surface area contributed by atoms with Gasteiger partial charge in [0.05, 0.1) is 26.0 Å². The first-order valence-electron chi connectivity index (χ1n) is 7.96. The van der Waals surface area contributed by atoms with Gasteiger partial charge in [-0.05, 0) is 26.8 Å². The predicted octanol–water partition coefficient (Wildman–Crippen LogP) is 3.13. The topological polar surface area (TPSA) is 65.4 Å². The Morgan fingerprint density at radius 2 is 1.96 bits per heavy atom. The molecule has 3 rings (SSSR count). The summed E-state index contributed by atoms with van der Waals surface area (Å²) in [6.45, 7) is 6.17. The molecule has 1 amide bonds. The number of hydrogen-bond donors (Lipinski definition) is 1. The van der Waals surface area contributed by atoms with E-state index >= 15 is 0 Å². The van der Waals surface area contributed by atoms with Gasteiger partial charge in [0, 0.05) is 23.5 Å². The molecule has 1 aromatic carbocycles. The number of anilines is 1. The highest BCUT2D eigenvalue weighted by Crippen LogP contribution is 2.44. The number of benzene rings is 1. The first-order chi connectivity index (χ1) is 11.4. The Morgan fingerprint density at radius 1 is 1.21 bits per heavy atom. The van der Waals surface area contributed by atoms with Crippen LogP contribution in [-0.4, -0.2) is 29.9 Å². The lowest BCUT2D eigenvalue weighted by atomic mass is 9.86. The molecule has 0 spiro atoms. The van der Waals surface area contributed by atoms with E-state index < -0.39 is 0 Å². The van der Waals surface area contributed by atoms with Crippen LogP contribution in [0.3, 0.4) is 0 Å². The third-order valence-electron chi connectivity index (χ3n) is 4.26. The van der Waals surface area contributed by atoms with Gasteiger partial charge in [-0.1, -0.05) is 12.1 Å². The molecule has 1 aromatic heterocycles. The molecule has 0 saturated heterocycles. The number of para-hydroxylation sites is 1. The Kier molecular flexibility index (Phi) is 3.99. The highest BCUT2D eigenvalue weighted by atomic mass is 16.5. The predicted molar refractivity (Wildman–Crippen MR) is 91.9 cm³/mol. The maximum atomic E-state index is 12.3. The van der Waals surface area contributed by atoms with Crippen molar-refractivity contribution in [3.63, 3.8) is 0 Å². The van der Waals surface area contributed by atoms with Crippen LogP contribution in [-0.2, 0) is 10.3 Å². The number of ether oxygens (including phenoxy) is 2. The highest BCUT2D eigenvalue weighted by molar-refractivity contribution is 5.94. The minimum absolute atomic E-state index is 0.0247. The van der Waals surface area contributed by atoms with Gasteiger partial charge in [0.1, 0.15) is 5.82 Å². The molecule has 0 unspecified atom stereocenters. The Bertz CT molecular complexity index is 774. The van der Waals surface area contributed by atoms with Crippen LogP contribution in [0.15, 0.2) is 24.4 Å². The molecule has 24 heavy (non-hydrogen) atoms. The average Bonchev–Trinajstić information content (AvgIpc) is 2.96. The lowest BCUT2D eigenvalue weighted by molar-refractivity contribution is -0.116. The van der Waals surface area contributed by atoms with E-state index in [1.165, 1.54) is 0 Å². The summed E-state index contributed by atoms with van der Waals surface area (Å²) >= 11 is 0. The Balaban J connectivity index is 2.16. The third kappa shape index (κ3) is 2.62. The SMILES string of the molecule is COc1cccc([C@H]2CC(=O)Nc3c2cnn3C(C)(C)C)c1OC. The summed E-state index contributed by atoms with van der Waals surface area (Å²) in [6.07, 6.45) is 2.19. The molecule has 2 heterocycles. The number of carbonyl (C=O) groups excluding carboxylic acids is 1. The summed E-state index contributed by atoms with van der Waals surface area (Å²) in [5.74, 6) is 1.94. The molecule has 2 aromatic rings. The smallest absolute Gasteiger partial charge is 0.226 e. The molecule has 0 fully saturated rings. The van der Waals surface area contributed by atoms with E-state index in [-0.39, 0.29) is 17.4 Å². The van der Waals surface area contributed by atoms with Crippen molar-refractivity contribution < 1.29 is 14.3 Å². The zero-order valence-corrected chi connectivity index (χ0v) is 14.7. The van der Waals surface area contributed by atoms with Crippen LogP contribution in [0.4, 0.5) is 5.82 Å². The monoisotopic (exact) mass is 329 g/mol. The normalized spacial score (nSPS) is 17.2. The fourth-order valence-electron chi connectivity index (χ4n) is 3.19. The quantitative estimate of drug-likeness (QED) is 0.939. The average molecular weight is 329 g/mol. The van der Waals surface area contributed by atoms with Crippen molar-refractivity contribution in [3.8, 4) is 11.5 Å². The van der Waals surface area contributed by atoms with Crippen LogP contribution in [0.1, 0.15) is 44.2 Å². The minimum Gasteiger partial charge on any atom is -0.493 e. The number of carbonyl (C=O) groups is 1. The highest BCUT2D eigenvalue weighted by Gasteiger charge is 2.34. The van der Waals surface area contributed by atoms with Crippen LogP contribution in [0.25, 0.3) is 0 Å². The van der Waals surface area contributed by atoms with Crippen LogP contribution < -0.4 is 14.8 Å². The summed E-state index contributed by atoms with van der Waals surface area (Å²) in [7, 11) is 3.22. The van der Waals surface area contributed by atoms with Gasteiger partial charge in [-0.25, -0.2) is 4.68 Å². The van der Waals surface area contributed by atoms with Crippen LogP contribution in [0, 0.1) is 0 Å². The van der Waals surface area contributed by atoms with Crippen molar-refractivity contribution in [2.24, 2.45) is 0 Å². The number of hydrogen-bond acceptors (Lipinski definition) is 4. The lowest BCUT2D eigenvalue weighted by Crippen LogP contribution is -2.30. The summed E-state index contributed by atoms with van der Waals surface area (Å²) in [5, 5.41) is 7.48. The fourth-order valence-corrected chi connectivity index (χ4v) is 3.19. The number of rotatable bonds is 3. The van der Waals surface area contributed by atoms with Crippen LogP contribution >= 0.6 is 0 Å². The van der Waals surface area contributed by atoms with E-state index in [1.807, 2.05) is 29.1 Å². The molecule has 0 saturated carbocycles. The van der Waals surface area contributed by atoms with E-state index in [0.717, 1.165) is 16.9 Å². The molecule has 0 aliphatic carbocycles. The zero-order valence-electron chi connectivity index (χ0n) is 14.7. The zero-order chi connectivity index (χ0) is 17.5. The lowest BCUT2D eigenvalue weighted by Gasteiger charge is -2.28. The van der Waals surface area contributed by atoms with Gasteiger partial charge in [0.15, 0.2) is 11.5 Å². The molecular weight excluding hydrogens is 306 g/mol. The molecule has 6 heteroatoms. The first kappa shape index (κ1) is 16.4. The standard InChI is InChI=1S/C18H23N3O3/c1-18(2,3)21-17-13(10-19-21)12(9-15(22)20-17)11-7-6-8-14(23-4)16(11)24-5/h6-8,10,12H,9H2,1-5H3,(H,20,22)/t12-/m1/s1. The Labute approximate surface area is 141 Å². The van der Waals surface area contributed by atoms with E-state index in [9.17, 15) is 4.79 Å². The molecule has 1 atom stereocenters. The minimum atomic E-state index is -0.221. The van der Waals surface area contributed by atoms with E-state index in [2.05, 4.69) is 31.2 Å². The van der Waals surface area contributed by atoms with Gasteiger partial charge >= 0.3 is 0 Å². The summed E-state index contributed by atoms with van der Waals surface area (Å²) < 4.78 is 12.8. The number of nitrogens with zero attached hydrogens (tertiary/aromatic N) is 2. The molecule has 128 valence electrons. The fraction of sp³-hybridized carbons (Fsp3) is 0.444. The molecule has 0 radical (unpaired) electrons. The maximum absolute atomic E-state index is 12.3. The van der Waals surface area contributed by atoms with Crippen molar-refractivity contribution in [2.75, 3.05) is 19.5 Å². The second-order valence-corrected chi connectivity index (χ2v) is 6.92. The number of nitrogens with one attached hydrogen (secondary N) is 1. The van der Waals surface area contributed by atoms with Gasteiger partial charge in [0.25, 0.3) is 0 Å². The maximum Gasteiger partial charge on any atom is 0.226 e. The molecule has 1 N–H and O–H groups in total. The summed E-state index contributed by atoms with van der Waals surface area (Å²) in [6, 6.07) is 5.74. The number of fused-ring (bicyclic) bond motifs is 1. The second-order valence-electron chi connectivity index (χ2n) is 6.92. The van der Waals surface area contributed by atoms with Crippen molar-refractivity contribution in [1.82, 2.24) is 9.78 Å². The molecule has 1 aliphatic rings. The van der Waals surface area contributed by atoms with Crippen LogP contribution in [0.5, 0.6) is 11.5 Å². The molecule has 0 bridgehead atoms. The van der Waals surface area contributed by atoms with Gasteiger partial charge in [-0.3, -0.25) is 4.79 Å². The van der Waals surface area contributed by atoms with Crippen molar-refractivity contribution in [1.29, 1.82) is 0 Å². The van der Waals surface area contributed by atoms with Gasteiger partial charge in [0.2, 0.25) is 5.91 Å². The van der Waals surface area contributed by atoms with Crippen molar-refractivity contribution in [3.05, 3.63) is 35.5 Å². The molecule has 1 aliphatic heterocycles.